The van der Waals surface area contributed by atoms with Gasteiger partial charge in [0.05, 0.1) is 13.1 Å². The number of benzene rings is 1. The molecule has 2 saturated heterocycles. The number of hydrogen-bond acceptors (Lipinski definition) is 8. The highest BCUT2D eigenvalue weighted by Gasteiger charge is 2.27. The fourth-order valence-electron chi connectivity index (χ4n) is 5.92. The maximum absolute atomic E-state index is 15.3. The second kappa shape index (κ2) is 11.3. The third-order valence-corrected chi connectivity index (χ3v) is 8.13. The number of amidine groups is 1. The first kappa shape index (κ1) is 26.9. The number of piperidine rings is 1. The van der Waals surface area contributed by atoms with E-state index in [1.165, 1.54) is 6.07 Å². The highest BCUT2D eigenvalue weighted by Crippen LogP contribution is 2.39. The van der Waals surface area contributed by atoms with Crippen molar-refractivity contribution in [3.63, 3.8) is 0 Å². The van der Waals surface area contributed by atoms with E-state index in [2.05, 4.69) is 30.5 Å². The van der Waals surface area contributed by atoms with Gasteiger partial charge in [-0.2, -0.15) is 0 Å². The normalized spacial score (nSPS) is 19.6. The number of rotatable bonds is 4. The number of nitrogens with zero attached hydrogens (tertiary/aromatic N) is 5. The standard InChI is InChI=1S/C30H35FN8O2/c1-18-24(16-36-30-29(18)38(2)9-10-41-30)23-11-19-13-27(35-15-20(19)12-25(23)31)37-26(32)14-21-5-8-39(28(40)17-34-21)22-3-6-33-7-4-22/h11-16,22,33-34H,3-10,17H2,1-2H3,(H2,32,35,37)/b21-14-. The largest absolute Gasteiger partial charge is 0.474 e. The maximum atomic E-state index is 15.3. The zero-order chi connectivity index (χ0) is 28.5. The van der Waals surface area contributed by atoms with E-state index >= 15 is 4.39 Å². The number of anilines is 1. The number of nitrogens with one attached hydrogen (secondary N) is 2. The van der Waals surface area contributed by atoms with Crippen molar-refractivity contribution in [3.05, 3.63) is 53.7 Å². The van der Waals surface area contributed by atoms with Crippen LogP contribution in [0.1, 0.15) is 24.8 Å². The van der Waals surface area contributed by atoms with Gasteiger partial charge in [-0.15, -0.1) is 0 Å². The lowest BCUT2D eigenvalue weighted by Crippen LogP contribution is -2.47. The monoisotopic (exact) mass is 558 g/mol. The molecule has 2 fully saturated rings. The molecule has 0 atom stereocenters. The zero-order valence-electron chi connectivity index (χ0n) is 23.4. The van der Waals surface area contributed by atoms with Gasteiger partial charge in [-0.3, -0.25) is 4.79 Å². The van der Waals surface area contributed by atoms with E-state index in [0.717, 1.165) is 54.8 Å². The quantitative estimate of drug-likeness (QED) is 0.330. The van der Waals surface area contributed by atoms with E-state index in [1.54, 1.807) is 30.6 Å². The van der Waals surface area contributed by atoms with Gasteiger partial charge in [0.25, 0.3) is 0 Å². The molecule has 0 spiro atoms. The Balaban J connectivity index is 1.25. The molecule has 3 aliphatic heterocycles. The van der Waals surface area contributed by atoms with E-state index in [1.807, 2.05) is 18.9 Å². The predicted molar refractivity (Wildman–Crippen MR) is 158 cm³/mol. The minimum atomic E-state index is -0.350. The molecule has 41 heavy (non-hydrogen) atoms. The summed E-state index contributed by atoms with van der Waals surface area (Å²) in [5, 5.41) is 8.02. The van der Waals surface area contributed by atoms with Crippen LogP contribution in [0.5, 0.6) is 5.88 Å². The van der Waals surface area contributed by atoms with Gasteiger partial charge < -0.3 is 30.9 Å². The van der Waals surface area contributed by atoms with E-state index in [9.17, 15) is 4.79 Å². The van der Waals surface area contributed by atoms with Crippen LogP contribution in [0.2, 0.25) is 0 Å². The molecule has 0 bridgehead atoms. The van der Waals surface area contributed by atoms with Gasteiger partial charge in [0.2, 0.25) is 11.8 Å². The molecule has 3 aliphatic rings. The fraction of sp³-hybridized carbons (Fsp3) is 0.400. The number of amides is 1. The molecule has 1 amide bonds. The minimum absolute atomic E-state index is 0.110. The van der Waals surface area contributed by atoms with Crippen molar-refractivity contribution in [2.75, 3.05) is 51.3 Å². The molecule has 0 saturated carbocycles. The summed E-state index contributed by atoms with van der Waals surface area (Å²) in [4.78, 5) is 30.2. The minimum Gasteiger partial charge on any atom is -0.474 e. The summed E-state index contributed by atoms with van der Waals surface area (Å²) >= 11 is 0. The number of hydrogen-bond donors (Lipinski definition) is 3. The van der Waals surface area contributed by atoms with Gasteiger partial charge in [0.15, 0.2) is 5.82 Å². The first-order valence-electron chi connectivity index (χ1n) is 14.1. The highest BCUT2D eigenvalue weighted by atomic mass is 19.1. The molecule has 3 aromatic rings. The van der Waals surface area contributed by atoms with Crippen LogP contribution in [0, 0.1) is 12.7 Å². The summed E-state index contributed by atoms with van der Waals surface area (Å²) in [6, 6.07) is 5.36. The molecular weight excluding hydrogens is 523 g/mol. The van der Waals surface area contributed by atoms with Crippen molar-refractivity contribution >= 4 is 34.0 Å². The molecule has 0 aliphatic carbocycles. The van der Waals surface area contributed by atoms with Gasteiger partial charge in [-0.1, -0.05) is 0 Å². The highest BCUT2D eigenvalue weighted by molar-refractivity contribution is 5.95. The van der Waals surface area contributed by atoms with Gasteiger partial charge in [-0.05, 0) is 68.1 Å². The lowest BCUT2D eigenvalue weighted by Gasteiger charge is -2.33. The third-order valence-electron chi connectivity index (χ3n) is 8.13. The van der Waals surface area contributed by atoms with Crippen molar-refractivity contribution in [3.8, 4) is 17.0 Å². The van der Waals surface area contributed by atoms with Crippen LogP contribution in [-0.2, 0) is 4.79 Å². The van der Waals surface area contributed by atoms with Crippen LogP contribution in [0.3, 0.4) is 0 Å². The first-order valence-corrected chi connectivity index (χ1v) is 14.1. The molecule has 11 heteroatoms. The van der Waals surface area contributed by atoms with Crippen LogP contribution in [0.4, 0.5) is 15.9 Å². The van der Waals surface area contributed by atoms with Crippen molar-refractivity contribution in [2.24, 2.45) is 10.7 Å². The Hall–Kier alpha value is -4.25. The average molecular weight is 559 g/mol. The van der Waals surface area contributed by atoms with Gasteiger partial charge in [0, 0.05) is 60.7 Å². The average Bonchev–Trinajstić information content (AvgIpc) is 3.14. The number of likely N-dealkylation sites (N-methyl/N-ethyl adjacent to an activating group) is 1. The Morgan fingerprint density at radius 2 is 1.98 bits per heavy atom. The summed E-state index contributed by atoms with van der Waals surface area (Å²) in [6.07, 6.45) is 7.65. The van der Waals surface area contributed by atoms with Crippen LogP contribution < -0.4 is 26.0 Å². The number of carbonyl (C=O) groups excluding carboxylic acids is 1. The van der Waals surface area contributed by atoms with Crippen LogP contribution >= 0.6 is 0 Å². The second-order valence-corrected chi connectivity index (χ2v) is 10.8. The van der Waals surface area contributed by atoms with Gasteiger partial charge in [-0.25, -0.2) is 19.4 Å². The predicted octanol–water partition coefficient (Wildman–Crippen LogP) is 3.02. The van der Waals surface area contributed by atoms with Crippen LogP contribution in [0.15, 0.2) is 47.4 Å². The van der Waals surface area contributed by atoms with Crippen LogP contribution in [0.25, 0.3) is 21.9 Å². The van der Waals surface area contributed by atoms with Gasteiger partial charge in [0.1, 0.15) is 23.9 Å². The molecule has 214 valence electrons. The van der Waals surface area contributed by atoms with Crippen LogP contribution in [-0.4, -0.2) is 79.0 Å². The Kier molecular flexibility index (Phi) is 7.44. The molecule has 4 N–H and O–H groups in total. The Bertz CT molecular complexity index is 1550. The number of halogens is 1. The number of fused-ring (bicyclic) bond motifs is 2. The van der Waals surface area contributed by atoms with Crippen molar-refractivity contribution in [2.45, 2.75) is 32.2 Å². The van der Waals surface area contributed by atoms with E-state index in [-0.39, 0.29) is 30.1 Å². The Morgan fingerprint density at radius 3 is 2.80 bits per heavy atom. The van der Waals surface area contributed by atoms with E-state index in [4.69, 9.17) is 10.5 Å². The lowest BCUT2D eigenvalue weighted by atomic mass is 9.98. The molecule has 1 aromatic carbocycles. The summed E-state index contributed by atoms with van der Waals surface area (Å²) in [7, 11) is 1.99. The van der Waals surface area contributed by atoms with Crippen molar-refractivity contribution in [1.29, 1.82) is 0 Å². The number of nitrogens with two attached hydrogens (primary N) is 1. The lowest BCUT2D eigenvalue weighted by molar-refractivity contribution is -0.132. The zero-order valence-corrected chi connectivity index (χ0v) is 23.4. The molecule has 0 radical (unpaired) electrons. The fourth-order valence-corrected chi connectivity index (χ4v) is 5.92. The first-order chi connectivity index (χ1) is 19.9. The Morgan fingerprint density at radius 1 is 1.15 bits per heavy atom. The molecule has 5 heterocycles. The maximum Gasteiger partial charge on any atom is 0.242 e. The number of aliphatic imine (C=N–C) groups is 1. The summed E-state index contributed by atoms with van der Waals surface area (Å²) in [5.41, 5.74) is 10.1. The molecule has 2 aromatic heterocycles. The summed E-state index contributed by atoms with van der Waals surface area (Å²) in [6.45, 7) is 6.04. The number of carbonyl (C=O) groups is 1. The summed E-state index contributed by atoms with van der Waals surface area (Å²) < 4.78 is 21.0. The smallest absolute Gasteiger partial charge is 0.242 e. The molecular formula is C30H35FN8O2. The summed E-state index contributed by atoms with van der Waals surface area (Å²) in [5.74, 6) is 1.02. The van der Waals surface area contributed by atoms with E-state index in [0.29, 0.717) is 47.8 Å². The van der Waals surface area contributed by atoms with E-state index < -0.39 is 0 Å². The SMILES string of the molecule is Cc1c(-c2cc3cc(/N=C(N)/C=C4/CCN(C5CCNCC5)C(=O)CN4)ncc3cc2F)cnc2c1N(C)CCO2. The number of pyridine rings is 2. The number of ether oxygens (including phenoxy) is 1. The number of aromatic nitrogens is 2. The molecule has 0 unspecified atom stereocenters. The van der Waals surface area contributed by atoms with Gasteiger partial charge >= 0.3 is 0 Å². The molecule has 6 rings (SSSR count). The molecule has 10 nitrogen and oxygen atoms in total. The van der Waals surface area contributed by atoms with Crippen molar-refractivity contribution < 1.29 is 13.9 Å². The third kappa shape index (κ3) is 5.54. The Labute approximate surface area is 238 Å². The van der Waals surface area contributed by atoms with Crippen molar-refractivity contribution in [1.82, 2.24) is 25.5 Å². The second-order valence-electron chi connectivity index (χ2n) is 10.8. The topological polar surface area (TPSA) is 121 Å².